The van der Waals surface area contributed by atoms with Crippen LogP contribution in [0.4, 0.5) is 0 Å². The van der Waals surface area contributed by atoms with Crippen molar-refractivity contribution in [3.05, 3.63) is 0 Å². The molecule has 0 aliphatic heterocycles. The number of carbonyl (C=O) groups is 1. The Balaban J connectivity index is 2.14. The lowest BCUT2D eigenvalue weighted by molar-refractivity contribution is -0.122. The van der Waals surface area contributed by atoms with Crippen molar-refractivity contribution in [1.29, 1.82) is 0 Å². The molecule has 1 fully saturated rings. The third-order valence-electron chi connectivity index (χ3n) is 3.58. The van der Waals surface area contributed by atoms with Gasteiger partial charge in [-0.3, -0.25) is 4.79 Å². The van der Waals surface area contributed by atoms with Crippen LogP contribution >= 0.6 is 0 Å². The molecule has 100 valence electrons. The molecule has 3 N–H and O–H groups in total. The molecule has 0 spiro atoms. The molecule has 1 amide bonds. The number of ether oxygens (including phenoxy) is 1. The van der Waals surface area contributed by atoms with Crippen molar-refractivity contribution in [2.75, 3.05) is 26.3 Å². The van der Waals surface area contributed by atoms with E-state index in [2.05, 4.69) is 12.2 Å². The van der Waals surface area contributed by atoms with E-state index in [1.807, 2.05) is 0 Å². The number of nitrogens with two attached hydrogens (primary N) is 1. The maximum Gasteiger partial charge on any atom is 0.222 e. The van der Waals surface area contributed by atoms with E-state index < -0.39 is 0 Å². The lowest BCUT2D eigenvalue weighted by Gasteiger charge is -2.27. The van der Waals surface area contributed by atoms with Gasteiger partial charge in [0.1, 0.15) is 0 Å². The van der Waals surface area contributed by atoms with Crippen LogP contribution in [0.2, 0.25) is 0 Å². The predicted octanol–water partition coefficient (Wildman–Crippen LogP) is 1.44. The molecule has 17 heavy (non-hydrogen) atoms. The van der Waals surface area contributed by atoms with Gasteiger partial charge in [-0.1, -0.05) is 19.8 Å². The Labute approximate surface area is 104 Å². The van der Waals surface area contributed by atoms with Gasteiger partial charge in [-0.25, -0.2) is 0 Å². The fourth-order valence-corrected chi connectivity index (χ4v) is 2.36. The number of rotatable bonds is 8. The molecule has 0 bridgehead atoms. The van der Waals surface area contributed by atoms with Crippen LogP contribution in [0.3, 0.4) is 0 Å². The van der Waals surface area contributed by atoms with Gasteiger partial charge in [0, 0.05) is 19.6 Å². The van der Waals surface area contributed by atoms with Crippen LogP contribution in [0.15, 0.2) is 0 Å². The van der Waals surface area contributed by atoms with Crippen molar-refractivity contribution in [1.82, 2.24) is 5.32 Å². The van der Waals surface area contributed by atoms with Crippen LogP contribution in [0.5, 0.6) is 0 Å². The Morgan fingerprint density at radius 3 is 2.65 bits per heavy atom. The topological polar surface area (TPSA) is 64.3 Å². The largest absolute Gasteiger partial charge is 0.381 e. The van der Waals surface area contributed by atoms with E-state index in [9.17, 15) is 4.79 Å². The second-order valence-electron chi connectivity index (χ2n) is 5.05. The summed E-state index contributed by atoms with van der Waals surface area (Å²) in [4.78, 5) is 11.6. The highest BCUT2D eigenvalue weighted by Crippen LogP contribution is 2.36. The normalized spacial score (nSPS) is 18.2. The Kier molecular flexibility index (Phi) is 6.52. The number of carbonyl (C=O) groups excluding carboxylic acids is 1. The molecular weight excluding hydrogens is 216 g/mol. The third kappa shape index (κ3) is 5.04. The molecule has 0 aromatic heterocycles. The van der Waals surface area contributed by atoms with E-state index in [1.165, 1.54) is 12.8 Å². The van der Waals surface area contributed by atoms with Crippen molar-refractivity contribution in [2.24, 2.45) is 11.1 Å². The fraction of sp³-hybridized carbons (Fsp3) is 0.923. The van der Waals surface area contributed by atoms with Crippen LogP contribution in [-0.4, -0.2) is 32.2 Å². The van der Waals surface area contributed by atoms with Crippen molar-refractivity contribution in [2.45, 2.75) is 45.4 Å². The average Bonchev–Trinajstić information content (AvgIpc) is 2.82. The van der Waals surface area contributed by atoms with Crippen LogP contribution in [-0.2, 0) is 9.53 Å². The molecule has 1 saturated carbocycles. The van der Waals surface area contributed by atoms with E-state index in [0.717, 1.165) is 32.4 Å². The number of hydrogen-bond donors (Lipinski definition) is 2. The zero-order chi connectivity index (χ0) is 12.6. The summed E-state index contributed by atoms with van der Waals surface area (Å²) in [7, 11) is 0. The Morgan fingerprint density at radius 1 is 1.35 bits per heavy atom. The Morgan fingerprint density at radius 2 is 2.06 bits per heavy atom. The summed E-state index contributed by atoms with van der Waals surface area (Å²) in [5.74, 6) is 0.0841. The molecule has 0 aromatic carbocycles. The van der Waals surface area contributed by atoms with Gasteiger partial charge in [0.05, 0.1) is 6.61 Å². The van der Waals surface area contributed by atoms with E-state index in [0.29, 0.717) is 19.6 Å². The molecule has 0 heterocycles. The summed E-state index contributed by atoms with van der Waals surface area (Å²) in [5, 5.41) is 2.99. The molecule has 4 heteroatoms. The summed E-state index contributed by atoms with van der Waals surface area (Å²) in [6, 6.07) is 0. The van der Waals surface area contributed by atoms with Crippen molar-refractivity contribution < 1.29 is 9.53 Å². The van der Waals surface area contributed by atoms with E-state index in [1.54, 1.807) is 0 Å². The van der Waals surface area contributed by atoms with Crippen molar-refractivity contribution >= 4 is 5.91 Å². The number of amides is 1. The first-order valence-corrected chi connectivity index (χ1v) is 6.77. The smallest absolute Gasteiger partial charge is 0.222 e. The zero-order valence-corrected chi connectivity index (χ0v) is 11.0. The molecule has 1 aliphatic rings. The minimum absolute atomic E-state index is 0.0841. The molecule has 4 nitrogen and oxygen atoms in total. The number of nitrogens with one attached hydrogen (secondary N) is 1. The lowest BCUT2D eigenvalue weighted by atomic mass is 9.86. The molecule has 0 saturated heterocycles. The minimum Gasteiger partial charge on any atom is -0.381 e. The first kappa shape index (κ1) is 14.5. The quantitative estimate of drug-likeness (QED) is 0.633. The standard InChI is InChI=1S/C13H26N2O2/c1-2-8-17-9-5-12(16)15-11-13(10-14)6-3-4-7-13/h2-11,14H2,1H3,(H,15,16). The van der Waals surface area contributed by atoms with Gasteiger partial charge >= 0.3 is 0 Å². The third-order valence-corrected chi connectivity index (χ3v) is 3.58. The fourth-order valence-electron chi connectivity index (χ4n) is 2.36. The van der Waals surface area contributed by atoms with Crippen molar-refractivity contribution in [3.8, 4) is 0 Å². The summed E-state index contributed by atoms with van der Waals surface area (Å²) in [5.41, 5.74) is 5.99. The molecular formula is C13H26N2O2. The molecule has 1 aliphatic carbocycles. The highest BCUT2D eigenvalue weighted by Gasteiger charge is 2.32. The average molecular weight is 242 g/mol. The Bertz CT molecular complexity index is 225. The van der Waals surface area contributed by atoms with Crippen LogP contribution < -0.4 is 11.1 Å². The van der Waals surface area contributed by atoms with Gasteiger partial charge in [0.2, 0.25) is 5.91 Å². The lowest BCUT2D eigenvalue weighted by Crippen LogP contribution is -2.40. The first-order valence-electron chi connectivity index (χ1n) is 6.77. The second-order valence-corrected chi connectivity index (χ2v) is 5.05. The summed E-state index contributed by atoms with van der Waals surface area (Å²) >= 11 is 0. The van der Waals surface area contributed by atoms with E-state index >= 15 is 0 Å². The molecule has 0 radical (unpaired) electrons. The predicted molar refractivity (Wildman–Crippen MR) is 68.7 cm³/mol. The molecule has 1 rings (SSSR count). The van der Waals surface area contributed by atoms with Crippen LogP contribution in [0, 0.1) is 5.41 Å². The van der Waals surface area contributed by atoms with E-state index in [-0.39, 0.29) is 11.3 Å². The van der Waals surface area contributed by atoms with Gasteiger partial charge in [-0.2, -0.15) is 0 Å². The van der Waals surface area contributed by atoms with Gasteiger partial charge in [0.25, 0.3) is 0 Å². The highest BCUT2D eigenvalue weighted by atomic mass is 16.5. The zero-order valence-electron chi connectivity index (χ0n) is 11.0. The SMILES string of the molecule is CCCOCCC(=O)NCC1(CN)CCCC1. The summed E-state index contributed by atoms with van der Waals surface area (Å²) in [6.45, 7) is 4.73. The van der Waals surface area contributed by atoms with Crippen LogP contribution in [0.25, 0.3) is 0 Å². The van der Waals surface area contributed by atoms with Crippen molar-refractivity contribution in [3.63, 3.8) is 0 Å². The minimum atomic E-state index is 0.0841. The highest BCUT2D eigenvalue weighted by molar-refractivity contribution is 5.76. The number of hydrogen-bond acceptors (Lipinski definition) is 3. The van der Waals surface area contributed by atoms with Gasteiger partial charge in [0.15, 0.2) is 0 Å². The van der Waals surface area contributed by atoms with Gasteiger partial charge < -0.3 is 15.8 Å². The first-order chi connectivity index (χ1) is 8.22. The molecule has 0 aromatic rings. The molecule has 0 atom stereocenters. The maximum atomic E-state index is 11.6. The summed E-state index contributed by atoms with van der Waals surface area (Å²) in [6.07, 6.45) is 6.24. The van der Waals surface area contributed by atoms with Crippen LogP contribution in [0.1, 0.15) is 45.4 Å². The monoisotopic (exact) mass is 242 g/mol. The second kappa shape index (κ2) is 7.67. The molecule has 0 unspecified atom stereocenters. The van der Waals surface area contributed by atoms with Gasteiger partial charge in [-0.15, -0.1) is 0 Å². The maximum absolute atomic E-state index is 11.6. The Hall–Kier alpha value is -0.610. The van der Waals surface area contributed by atoms with Gasteiger partial charge in [-0.05, 0) is 31.2 Å². The van der Waals surface area contributed by atoms with E-state index in [4.69, 9.17) is 10.5 Å². The summed E-state index contributed by atoms with van der Waals surface area (Å²) < 4.78 is 5.29.